The van der Waals surface area contributed by atoms with Crippen LogP contribution in [-0.4, -0.2) is 30.9 Å². The summed E-state index contributed by atoms with van der Waals surface area (Å²) in [7, 11) is 0. The molecule has 0 fully saturated rings. The van der Waals surface area contributed by atoms with E-state index < -0.39 is 30.0 Å². The zero-order chi connectivity index (χ0) is 19.4. The van der Waals surface area contributed by atoms with Gasteiger partial charge in [-0.1, -0.05) is 12.1 Å². The smallest absolute Gasteiger partial charge is 0.485 e. The highest BCUT2D eigenvalue weighted by Gasteiger charge is 2.31. The van der Waals surface area contributed by atoms with Crippen LogP contribution < -0.4 is 25.1 Å². The minimum absolute atomic E-state index is 0.0241. The van der Waals surface area contributed by atoms with Gasteiger partial charge in [0.15, 0.2) is 11.5 Å². The monoisotopic (exact) mass is 382 g/mol. The maximum atomic E-state index is 12.1. The number of para-hydroxylation sites is 2. The lowest BCUT2D eigenvalue weighted by atomic mass is 10.2. The highest BCUT2D eigenvalue weighted by molar-refractivity contribution is 5.95. The topological polar surface area (TPSA) is 85.9 Å². The van der Waals surface area contributed by atoms with Crippen molar-refractivity contribution in [3.8, 4) is 17.2 Å². The van der Waals surface area contributed by atoms with Crippen molar-refractivity contribution < 1.29 is 37.0 Å². The Kier molecular flexibility index (Phi) is 5.06. The van der Waals surface area contributed by atoms with Crippen LogP contribution in [-0.2, 0) is 4.79 Å². The van der Waals surface area contributed by atoms with Gasteiger partial charge < -0.3 is 14.2 Å². The van der Waals surface area contributed by atoms with E-state index in [9.17, 15) is 22.8 Å². The van der Waals surface area contributed by atoms with Crippen LogP contribution in [0.3, 0.4) is 0 Å². The molecular weight excluding hydrogens is 369 g/mol. The third-order valence-electron chi connectivity index (χ3n) is 3.45. The number of alkyl halides is 3. The number of ether oxygens (including phenoxy) is 3. The molecule has 0 aromatic heterocycles. The van der Waals surface area contributed by atoms with E-state index in [1.807, 2.05) is 0 Å². The van der Waals surface area contributed by atoms with Gasteiger partial charge in [0, 0.05) is 5.56 Å². The van der Waals surface area contributed by atoms with E-state index in [1.54, 1.807) is 24.3 Å². The Morgan fingerprint density at radius 3 is 2.33 bits per heavy atom. The van der Waals surface area contributed by atoms with Gasteiger partial charge in [0.25, 0.3) is 11.8 Å². The van der Waals surface area contributed by atoms with Crippen LogP contribution in [0.1, 0.15) is 10.4 Å². The first-order valence-electron chi connectivity index (χ1n) is 7.66. The van der Waals surface area contributed by atoms with Crippen LogP contribution in [0.2, 0.25) is 0 Å². The molecule has 2 amide bonds. The third kappa shape index (κ3) is 4.81. The van der Waals surface area contributed by atoms with E-state index in [0.717, 1.165) is 24.3 Å². The summed E-state index contributed by atoms with van der Waals surface area (Å²) in [6.45, 7) is -0.0395. The molecule has 1 aliphatic heterocycles. The molecule has 0 saturated heterocycles. The number of hydrazine groups is 1. The summed E-state index contributed by atoms with van der Waals surface area (Å²) in [5.41, 5.74) is 4.35. The van der Waals surface area contributed by atoms with Gasteiger partial charge in [-0.2, -0.15) is 0 Å². The summed E-state index contributed by atoms with van der Waals surface area (Å²) in [6.07, 6.45) is -5.79. The molecule has 1 unspecified atom stereocenters. The van der Waals surface area contributed by atoms with Gasteiger partial charge in [0.1, 0.15) is 12.4 Å². The Balaban J connectivity index is 1.52. The molecule has 0 radical (unpaired) electrons. The average molecular weight is 382 g/mol. The van der Waals surface area contributed by atoms with Gasteiger partial charge in [-0.25, -0.2) is 0 Å². The van der Waals surface area contributed by atoms with Crippen LogP contribution in [0.5, 0.6) is 17.2 Å². The van der Waals surface area contributed by atoms with E-state index in [4.69, 9.17) is 9.47 Å². The second kappa shape index (κ2) is 7.44. The van der Waals surface area contributed by atoms with E-state index in [1.165, 1.54) is 0 Å². The summed E-state index contributed by atoms with van der Waals surface area (Å²) in [5.74, 6) is -0.925. The van der Waals surface area contributed by atoms with Gasteiger partial charge in [-0.05, 0) is 36.4 Å². The first kappa shape index (κ1) is 18.4. The van der Waals surface area contributed by atoms with E-state index >= 15 is 0 Å². The molecule has 0 aliphatic carbocycles. The summed E-state index contributed by atoms with van der Waals surface area (Å²) in [5, 5.41) is 0. The van der Waals surface area contributed by atoms with Crippen LogP contribution in [0, 0.1) is 0 Å². The van der Waals surface area contributed by atoms with Gasteiger partial charge in [-0.15, -0.1) is 13.2 Å². The van der Waals surface area contributed by atoms with Gasteiger partial charge >= 0.3 is 6.36 Å². The molecule has 2 aromatic rings. The van der Waals surface area contributed by atoms with Crippen LogP contribution >= 0.6 is 0 Å². The summed E-state index contributed by atoms with van der Waals surface area (Å²) >= 11 is 0. The summed E-state index contributed by atoms with van der Waals surface area (Å²) in [6, 6.07) is 11.0. The predicted octanol–water partition coefficient (Wildman–Crippen LogP) is 2.19. The van der Waals surface area contributed by atoms with Crippen molar-refractivity contribution in [2.24, 2.45) is 0 Å². The standard InChI is InChI=1S/C17H13F3N2O5/c18-17(19,20)27-11-7-5-10(6-8-11)15(23)21-22-16(24)14-9-25-12-3-1-2-4-13(12)26-14/h1-8,14H,9H2,(H,21,23)(H,22,24). The zero-order valence-electron chi connectivity index (χ0n) is 13.6. The number of rotatable bonds is 3. The third-order valence-corrected chi connectivity index (χ3v) is 3.45. The minimum atomic E-state index is -4.82. The number of amides is 2. The molecule has 7 nitrogen and oxygen atoms in total. The number of carbonyl (C=O) groups is 2. The minimum Gasteiger partial charge on any atom is -0.485 e. The van der Waals surface area contributed by atoms with Crippen molar-refractivity contribution in [1.29, 1.82) is 0 Å². The first-order valence-corrected chi connectivity index (χ1v) is 7.66. The molecular formula is C17H13F3N2O5. The first-order chi connectivity index (χ1) is 12.8. The summed E-state index contributed by atoms with van der Waals surface area (Å²) < 4.78 is 50.9. The van der Waals surface area contributed by atoms with Gasteiger partial charge in [0.2, 0.25) is 6.10 Å². The number of fused-ring (bicyclic) bond motifs is 1. The van der Waals surface area contributed by atoms with Gasteiger partial charge in [0.05, 0.1) is 0 Å². The van der Waals surface area contributed by atoms with E-state index in [-0.39, 0.29) is 12.2 Å². The van der Waals surface area contributed by atoms with Crippen molar-refractivity contribution in [2.75, 3.05) is 6.61 Å². The molecule has 10 heteroatoms. The Hall–Kier alpha value is -3.43. The number of hydrogen-bond acceptors (Lipinski definition) is 5. The average Bonchev–Trinajstić information content (AvgIpc) is 2.64. The molecule has 2 N–H and O–H groups in total. The molecule has 3 rings (SSSR count). The molecule has 27 heavy (non-hydrogen) atoms. The number of halogens is 3. The second-order valence-corrected chi connectivity index (χ2v) is 5.38. The molecule has 2 aromatic carbocycles. The largest absolute Gasteiger partial charge is 0.573 e. The summed E-state index contributed by atoms with van der Waals surface area (Å²) in [4.78, 5) is 24.0. The Morgan fingerprint density at radius 1 is 1.00 bits per heavy atom. The fraction of sp³-hybridized carbons (Fsp3) is 0.176. The maximum absolute atomic E-state index is 12.1. The highest BCUT2D eigenvalue weighted by Crippen LogP contribution is 2.30. The van der Waals surface area contributed by atoms with Crippen molar-refractivity contribution in [3.63, 3.8) is 0 Å². The van der Waals surface area contributed by atoms with Gasteiger partial charge in [-0.3, -0.25) is 20.4 Å². The number of nitrogens with one attached hydrogen (secondary N) is 2. The van der Waals surface area contributed by atoms with Crippen LogP contribution in [0.25, 0.3) is 0 Å². The van der Waals surface area contributed by atoms with Crippen LogP contribution in [0.4, 0.5) is 13.2 Å². The molecule has 0 spiro atoms. The highest BCUT2D eigenvalue weighted by atomic mass is 19.4. The lowest BCUT2D eigenvalue weighted by molar-refractivity contribution is -0.274. The van der Waals surface area contributed by atoms with E-state index in [2.05, 4.69) is 15.6 Å². The Bertz CT molecular complexity index is 839. The fourth-order valence-electron chi connectivity index (χ4n) is 2.23. The van der Waals surface area contributed by atoms with Crippen LogP contribution in [0.15, 0.2) is 48.5 Å². The normalized spacial score (nSPS) is 15.6. The molecule has 0 saturated carbocycles. The fourth-order valence-corrected chi connectivity index (χ4v) is 2.23. The number of hydrogen-bond donors (Lipinski definition) is 2. The lowest BCUT2D eigenvalue weighted by Gasteiger charge is -2.25. The number of benzene rings is 2. The Labute approximate surface area is 151 Å². The Morgan fingerprint density at radius 2 is 1.67 bits per heavy atom. The molecule has 142 valence electrons. The van der Waals surface area contributed by atoms with E-state index in [0.29, 0.717) is 11.5 Å². The predicted molar refractivity (Wildman–Crippen MR) is 85.1 cm³/mol. The number of carbonyl (C=O) groups excluding carboxylic acids is 2. The van der Waals surface area contributed by atoms with Crippen molar-refractivity contribution in [2.45, 2.75) is 12.5 Å². The molecule has 1 aliphatic rings. The quantitative estimate of drug-likeness (QED) is 0.795. The van der Waals surface area contributed by atoms with Crippen molar-refractivity contribution >= 4 is 11.8 Å². The molecule has 1 heterocycles. The second-order valence-electron chi connectivity index (χ2n) is 5.38. The molecule has 0 bridgehead atoms. The molecule has 1 atom stereocenters. The SMILES string of the molecule is O=C(NNC(=O)C1COc2ccccc2O1)c1ccc(OC(F)(F)F)cc1. The van der Waals surface area contributed by atoms with Crippen molar-refractivity contribution in [1.82, 2.24) is 10.9 Å². The maximum Gasteiger partial charge on any atom is 0.573 e. The lowest BCUT2D eigenvalue weighted by Crippen LogP contribution is -2.50. The zero-order valence-corrected chi connectivity index (χ0v) is 13.6. The van der Waals surface area contributed by atoms with Crippen molar-refractivity contribution in [3.05, 3.63) is 54.1 Å².